The van der Waals surface area contributed by atoms with Crippen LogP contribution in [0.15, 0.2) is 21.8 Å². The number of benzene rings is 1. The molecule has 1 aromatic heterocycles. The monoisotopic (exact) mass is 284 g/mol. The van der Waals surface area contributed by atoms with Gasteiger partial charge < -0.3 is 0 Å². The first-order valence-corrected chi connectivity index (χ1v) is 6.85. The Bertz CT molecular complexity index is 687. The first kappa shape index (κ1) is 13.2. The Balaban J connectivity index is 2.84. The summed E-state index contributed by atoms with van der Waals surface area (Å²) in [6.45, 7) is 2.00. The number of aromatic nitrogens is 2. The lowest BCUT2D eigenvalue weighted by molar-refractivity contribution is 0.107. The normalized spacial score (nSPS) is 11.1. The molecule has 0 saturated carbocycles. The minimum Gasteiger partial charge on any atom is -0.295 e. The van der Waals surface area contributed by atoms with Gasteiger partial charge >= 0.3 is 5.69 Å². The van der Waals surface area contributed by atoms with E-state index < -0.39 is 5.24 Å². The molecule has 2 rings (SSSR count). The molecule has 0 amide bonds. The van der Waals surface area contributed by atoms with Gasteiger partial charge in [-0.1, -0.05) is 6.92 Å². The molecule has 1 aromatic carbocycles. The van der Waals surface area contributed by atoms with Crippen LogP contribution in [-0.2, 0) is 14.1 Å². The molecule has 0 aliphatic heterocycles. The lowest BCUT2D eigenvalue weighted by Crippen LogP contribution is -2.19. The van der Waals surface area contributed by atoms with Gasteiger partial charge in [0.15, 0.2) is 0 Å². The van der Waals surface area contributed by atoms with E-state index in [-0.39, 0.29) is 5.69 Å². The minimum atomic E-state index is -0.496. The summed E-state index contributed by atoms with van der Waals surface area (Å²) in [5, 5.41) is -0.496. The zero-order valence-electron chi connectivity index (χ0n) is 10.4. The maximum Gasteiger partial charge on any atom is 0.328 e. The Hall–Kier alpha value is -1.20. The molecule has 96 valence electrons. The summed E-state index contributed by atoms with van der Waals surface area (Å²) in [6, 6.07) is 3.53. The number of imidazole rings is 1. The molecule has 0 N–H and O–H groups in total. The van der Waals surface area contributed by atoms with Gasteiger partial charge in [0.25, 0.3) is 5.24 Å². The fourth-order valence-corrected chi connectivity index (χ4v) is 2.98. The van der Waals surface area contributed by atoms with Crippen molar-refractivity contribution >= 4 is 39.6 Å². The predicted octanol–water partition coefficient (Wildman–Crippen LogP) is 2.37. The van der Waals surface area contributed by atoms with E-state index in [0.717, 1.165) is 16.2 Å². The van der Waals surface area contributed by atoms with Crippen molar-refractivity contribution in [2.45, 2.75) is 11.8 Å². The van der Waals surface area contributed by atoms with Crippen LogP contribution in [-0.4, -0.2) is 20.1 Å². The van der Waals surface area contributed by atoms with Crippen molar-refractivity contribution in [3.63, 3.8) is 0 Å². The number of halogens is 1. The molecule has 2 aromatic rings. The van der Waals surface area contributed by atoms with Gasteiger partial charge in [0.2, 0.25) is 0 Å². The fraction of sp³-hybridized carbons (Fsp3) is 0.333. The number of nitrogens with zero attached hydrogens (tertiary/aromatic N) is 2. The Morgan fingerprint density at radius 2 is 1.83 bits per heavy atom. The van der Waals surface area contributed by atoms with Crippen molar-refractivity contribution in [1.82, 2.24) is 9.13 Å². The second kappa shape index (κ2) is 4.82. The van der Waals surface area contributed by atoms with Crippen molar-refractivity contribution in [3.05, 3.63) is 28.2 Å². The maximum absolute atomic E-state index is 11.8. The van der Waals surface area contributed by atoms with Crippen LogP contribution in [0.2, 0.25) is 0 Å². The summed E-state index contributed by atoms with van der Waals surface area (Å²) in [4.78, 5) is 24.1. The van der Waals surface area contributed by atoms with Gasteiger partial charge in [0, 0.05) is 24.6 Å². The van der Waals surface area contributed by atoms with E-state index in [4.69, 9.17) is 11.6 Å². The topological polar surface area (TPSA) is 44.0 Å². The summed E-state index contributed by atoms with van der Waals surface area (Å²) in [5.74, 6) is 0.837. The standard InChI is InChI=1S/C12H13ClN2O2S/c1-4-18-10-6-9-8(5-7(10)11(13)16)14(2)12(17)15(9)3/h5-6H,4H2,1-3H3. The van der Waals surface area contributed by atoms with Crippen LogP contribution in [0.4, 0.5) is 0 Å². The Morgan fingerprint density at radius 1 is 1.28 bits per heavy atom. The van der Waals surface area contributed by atoms with Crippen molar-refractivity contribution in [2.24, 2.45) is 14.1 Å². The maximum atomic E-state index is 11.8. The number of carbonyl (C=O) groups excluding carboxylic acids is 1. The summed E-state index contributed by atoms with van der Waals surface area (Å²) in [5.41, 5.74) is 1.86. The van der Waals surface area contributed by atoms with E-state index in [0.29, 0.717) is 11.1 Å². The molecular formula is C12H13ClN2O2S. The number of thioether (sulfide) groups is 1. The molecule has 0 fully saturated rings. The second-order valence-corrected chi connectivity index (χ2v) is 5.59. The summed E-state index contributed by atoms with van der Waals surface area (Å²) < 4.78 is 3.08. The molecule has 4 nitrogen and oxygen atoms in total. The fourth-order valence-electron chi connectivity index (χ4n) is 1.95. The summed E-state index contributed by atoms with van der Waals surface area (Å²) >= 11 is 7.14. The van der Waals surface area contributed by atoms with Crippen LogP contribution in [0.5, 0.6) is 0 Å². The molecule has 0 aliphatic rings. The smallest absolute Gasteiger partial charge is 0.295 e. The summed E-state index contributed by atoms with van der Waals surface area (Å²) in [7, 11) is 3.40. The highest BCUT2D eigenvalue weighted by Crippen LogP contribution is 2.28. The minimum absolute atomic E-state index is 0.114. The van der Waals surface area contributed by atoms with Crippen molar-refractivity contribution in [1.29, 1.82) is 0 Å². The zero-order valence-corrected chi connectivity index (χ0v) is 11.9. The molecule has 0 saturated heterocycles. The van der Waals surface area contributed by atoms with E-state index >= 15 is 0 Å². The van der Waals surface area contributed by atoms with Crippen LogP contribution >= 0.6 is 23.4 Å². The van der Waals surface area contributed by atoms with Gasteiger partial charge in [-0.05, 0) is 29.5 Å². The quantitative estimate of drug-likeness (QED) is 0.642. The number of aryl methyl sites for hydroxylation is 2. The van der Waals surface area contributed by atoms with E-state index in [1.807, 2.05) is 13.0 Å². The van der Waals surface area contributed by atoms with Crippen LogP contribution < -0.4 is 5.69 Å². The Kier molecular flexibility index (Phi) is 3.54. The van der Waals surface area contributed by atoms with Gasteiger partial charge in [-0.15, -0.1) is 11.8 Å². The first-order valence-electron chi connectivity index (χ1n) is 5.49. The van der Waals surface area contributed by atoms with Crippen LogP contribution in [0, 0.1) is 0 Å². The lowest BCUT2D eigenvalue weighted by atomic mass is 10.2. The third-order valence-corrected chi connectivity index (χ3v) is 4.03. The molecule has 0 radical (unpaired) electrons. The van der Waals surface area contributed by atoms with E-state index in [2.05, 4.69) is 0 Å². The van der Waals surface area contributed by atoms with Gasteiger partial charge in [0.05, 0.1) is 11.0 Å². The van der Waals surface area contributed by atoms with Crippen molar-refractivity contribution < 1.29 is 4.79 Å². The summed E-state index contributed by atoms with van der Waals surface area (Å²) in [6.07, 6.45) is 0. The Labute approximate surface area is 114 Å². The largest absolute Gasteiger partial charge is 0.328 e. The van der Waals surface area contributed by atoms with E-state index in [1.54, 1.807) is 24.7 Å². The second-order valence-electron chi connectivity index (χ2n) is 3.94. The molecular weight excluding hydrogens is 272 g/mol. The first-order chi connectivity index (χ1) is 8.47. The third kappa shape index (κ3) is 1.97. The SMILES string of the molecule is CCSc1cc2c(cc1C(=O)Cl)n(C)c(=O)n2C. The van der Waals surface area contributed by atoms with E-state index in [1.165, 1.54) is 16.3 Å². The van der Waals surface area contributed by atoms with Gasteiger partial charge in [0.1, 0.15) is 0 Å². The highest BCUT2D eigenvalue weighted by atomic mass is 35.5. The highest BCUT2D eigenvalue weighted by molar-refractivity contribution is 7.99. The lowest BCUT2D eigenvalue weighted by Gasteiger charge is -2.06. The van der Waals surface area contributed by atoms with Crippen LogP contribution in [0.25, 0.3) is 11.0 Å². The molecule has 0 spiro atoms. The van der Waals surface area contributed by atoms with Crippen molar-refractivity contribution in [3.8, 4) is 0 Å². The molecule has 6 heteroatoms. The van der Waals surface area contributed by atoms with Crippen LogP contribution in [0.1, 0.15) is 17.3 Å². The molecule has 1 heterocycles. The zero-order chi connectivity index (χ0) is 13.4. The average molecular weight is 285 g/mol. The number of hydrogen-bond donors (Lipinski definition) is 0. The molecule has 18 heavy (non-hydrogen) atoms. The number of carbonyl (C=O) groups is 1. The third-order valence-electron chi connectivity index (χ3n) is 2.88. The van der Waals surface area contributed by atoms with Crippen LogP contribution in [0.3, 0.4) is 0 Å². The van der Waals surface area contributed by atoms with Gasteiger partial charge in [-0.25, -0.2) is 4.79 Å². The van der Waals surface area contributed by atoms with Gasteiger partial charge in [-0.2, -0.15) is 0 Å². The molecule has 0 atom stereocenters. The predicted molar refractivity (Wildman–Crippen MR) is 74.7 cm³/mol. The molecule has 0 bridgehead atoms. The van der Waals surface area contributed by atoms with E-state index in [9.17, 15) is 9.59 Å². The highest BCUT2D eigenvalue weighted by Gasteiger charge is 2.15. The molecule has 0 aliphatic carbocycles. The number of hydrogen-bond acceptors (Lipinski definition) is 3. The number of rotatable bonds is 3. The van der Waals surface area contributed by atoms with Crippen molar-refractivity contribution in [2.75, 3.05) is 5.75 Å². The molecule has 0 unspecified atom stereocenters. The number of fused-ring (bicyclic) bond motifs is 1. The average Bonchev–Trinajstić information content (AvgIpc) is 2.54. The van der Waals surface area contributed by atoms with Gasteiger partial charge in [-0.3, -0.25) is 13.9 Å². The Morgan fingerprint density at radius 3 is 2.33 bits per heavy atom.